The van der Waals surface area contributed by atoms with Gasteiger partial charge in [0.2, 0.25) is 0 Å². The van der Waals surface area contributed by atoms with E-state index in [0.29, 0.717) is 0 Å². The maximum absolute atomic E-state index is 4.46. The highest BCUT2D eigenvalue weighted by molar-refractivity contribution is 7.09. The zero-order chi connectivity index (χ0) is 12.4. The fourth-order valence-corrected chi connectivity index (χ4v) is 2.74. The van der Waals surface area contributed by atoms with E-state index in [0.717, 1.165) is 17.2 Å². The number of aromatic nitrogens is 1. The van der Waals surface area contributed by atoms with Crippen LogP contribution in [0.3, 0.4) is 0 Å². The van der Waals surface area contributed by atoms with Gasteiger partial charge in [0, 0.05) is 11.1 Å². The lowest BCUT2D eigenvalue weighted by molar-refractivity contribution is 1.05. The molecule has 0 saturated heterocycles. The van der Waals surface area contributed by atoms with Gasteiger partial charge in [-0.05, 0) is 38.8 Å². The monoisotopic (exact) mass is 246 g/mol. The van der Waals surface area contributed by atoms with E-state index in [9.17, 15) is 0 Å². The third-order valence-corrected chi connectivity index (χ3v) is 3.61. The Hall–Kier alpha value is -1.35. The molecule has 0 amide bonds. The summed E-state index contributed by atoms with van der Waals surface area (Å²) in [6.07, 6.45) is 0. The first-order valence-electron chi connectivity index (χ1n) is 5.79. The van der Waals surface area contributed by atoms with Crippen molar-refractivity contribution in [3.8, 4) is 0 Å². The molecule has 1 N–H and O–H groups in total. The number of hydrogen-bond donors (Lipinski definition) is 1. The average Bonchev–Trinajstić information content (AvgIpc) is 2.62. The van der Waals surface area contributed by atoms with E-state index in [2.05, 4.69) is 48.6 Å². The summed E-state index contributed by atoms with van der Waals surface area (Å²) in [5, 5.41) is 6.72. The van der Waals surface area contributed by atoms with Crippen molar-refractivity contribution in [1.82, 2.24) is 4.98 Å². The molecule has 1 heterocycles. The van der Waals surface area contributed by atoms with Crippen molar-refractivity contribution in [2.45, 2.75) is 34.2 Å². The summed E-state index contributed by atoms with van der Waals surface area (Å²) in [6.45, 7) is 9.27. The van der Waals surface area contributed by atoms with Crippen LogP contribution in [0, 0.1) is 27.7 Å². The molecule has 2 nitrogen and oxygen atoms in total. The molecule has 2 aromatic rings. The number of hydrogen-bond acceptors (Lipinski definition) is 3. The SMILES string of the molecule is Cc1cc(C)c(NCc2csc(C)n2)c(C)c1. The van der Waals surface area contributed by atoms with E-state index in [1.165, 1.54) is 22.4 Å². The Morgan fingerprint density at radius 1 is 1.12 bits per heavy atom. The highest BCUT2D eigenvalue weighted by Gasteiger charge is 2.04. The Morgan fingerprint density at radius 2 is 1.76 bits per heavy atom. The van der Waals surface area contributed by atoms with E-state index in [-0.39, 0.29) is 0 Å². The van der Waals surface area contributed by atoms with Gasteiger partial charge in [-0.2, -0.15) is 0 Å². The lowest BCUT2D eigenvalue weighted by Crippen LogP contribution is -2.03. The Kier molecular flexibility index (Phi) is 3.48. The zero-order valence-electron chi connectivity index (χ0n) is 10.8. The second kappa shape index (κ2) is 4.88. The van der Waals surface area contributed by atoms with E-state index in [4.69, 9.17) is 0 Å². The zero-order valence-corrected chi connectivity index (χ0v) is 11.6. The molecule has 0 aliphatic heterocycles. The summed E-state index contributed by atoms with van der Waals surface area (Å²) < 4.78 is 0. The fourth-order valence-electron chi connectivity index (χ4n) is 2.13. The van der Waals surface area contributed by atoms with Crippen molar-refractivity contribution in [1.29, 1.82) is 0 Å². The molecule has 0 fully saturated rings. The normalized spacial score (nSPS) is 10.6. The molecule has 0 unspecified atom stereocenters. The van der Waals surface area contributed by atoms with Crippen LogP contribution in [-0.4, -0.2) is 4.98 Å². The number of benzene rings is 1. The van der Waals surface area contributed by atoms with Gasteiger partial charge in [-0.25, -0.2) is 4.98 Å². The first-order valence-corrected chi connectivity index (χ1v) is 6.67. The second-order valence-electron chi connectivity index (χ2n) is 4.49. The molecule has 1 aromatic heterocycles. The van der Waals surface area contributed by atoms with Crippen LogP contribution in [0.25, 0.3) is 0 Å². The molecule has 1 aromatic carbocycles. The van der Waals surface area contributed by atoms with E-state index < -0.39 is 0 Å². The van der Waals surface area contributed by atoms with Gasteiger partial charge in [0.05, 0.1) is 17.2 Å². The van der Waals surface area contributed by atoms with E-state index >= 15 is 0 Å². The molecule has 0 aliphatic rings. The van der Waals surface area contributed by atoms with Crippen molar-refractivity contribution >= 4 is 17.0 Å². The number of thiazole rings is 1. The lowest BCUT2D eigenvalue weighted by atomic mass is 10.1. The first kappa shape index (κ1) is 12.1. The molecule has 17 heavy (non-hydrogen) atoms. The lowest BCUT2D eigenvalue weighted by Gasteiger charge is -2.12. The van der Waals surface area contributed by atoms with Crippen LogP contribution in [0.1, 0.15) is 27.4 Å². The minimum Gasteiger partial charge on any atom is -0.379 e. The van der Waals surface area contributed by atoms with Gasteiger partial charge in [0.1, 0.15) is 0 Å². The van der Waals surface area contributed by atoms with E-state index in [1.807, 2.05) is 6.92 Å². The van der Waals surface area contributed by atoms with E-state index in [1.54, 1.807) is 11.3 Å². The summed E-state index contributed by atoms with van der Waals surface area (Å²) in [5.41, 5.74) is 6.27. The standard InChI is InChI=1S/C14H18N2S/c1-9-5-10(2)14(11(3)6-9)15-7-13-8-17-12(4)16-13/h5-6,8,15H,7H2,1-4H3. The van der Waals surface area contributed by atoms with Gasteiger partial charge in [-0.15, -0.1) is 11.3 Å². The number of nitrogens with one attached hydrogen (secondary N) is 1. The maximum atomic E-state index is 4.46. The Balaban J connectivity index is 2.14. The van der Waals surface area contributed by atoms with Crippen LogP contribution in [0.2, 0.25) is 0 Å². The second-order valence-corrected chi connectivity index (χ2v) is 5.55. The van der Waals surface area contributed by atoms with Gasteiger partial charge >= 0.3 is 0 Å². The molecule has 0 spiro atoms. The fraction of sp³-hybridized carbons (Fsp3) is 0.357. The number of rotatable bonds is 3. The molecular weight excluding hydrogens is 228 g/mol. The quantitative estimate of drug-likeness (QED) is 0.885. The van der Waals surface area contributed by atoms with Crippen LogP contribution in [0.5, 0.6) is 0 Å². The van der Waals surface area contributed by atoms with Crippen LogP contribution in [0.15, 0.2) is 17.5 Å². The topological polar surface area (TPSA) is 24.9 Å². The molecule has 90 valence electrons. The van der Waals surface area contributed by atoms with Gasteiger partial charge < -0.3 is 5.32 Å². The molecule has 2 rings (SSSR count). The largest absolute Gasteiger partial charge is 0.379 e. The minimum absolute atomic E-state index is 0.801. The Bertz CT molecular complexity index is 506. The van der Waals surface area contributed by atoms with Crippen LogP contribution in [-0.2, 0) is 6.54 Å². The number of nitrogens with zero attached hydrogens (tertiary/aromatic N) is 1. The summed E-state index contributed by atoms with van der Waals surface area (Å²) in [5.74, 6) is 0. The van der Waals surface area contributed by atoms with Gasteiger partial charge in [0.25, 0.3) is 0 Å². The highest BCUT2D eigenvalue weighted by atomic mass is 32.1. The molecule has 0 atom stereocenters. The van der Waals surface area contributed by atoms with Crippen molar-refractivity contribution in [2.75, 3.05) is 5.32 Å². The minimum atomic E-state index is 0.801. The van der Waals surface area contributed by atoms with Crippen LogP contribution >= 0.6 is 11.3 Å². The average molecular weight is 246 g/mol. The highest BCUT2D eigenvalue weighted by Crippen LogP contribution is 2.22. The van der Waals surface area contributed by atoms with Crippen molar-refractivity contribution in [3.05, 3.63) is 44.9 Å². The molecule has 0 bridgehead atoms. The third-order valence-electron chi connectivity index (χ3n) is 2.79. The molecule has 0 aliphatic carbocycles. The predicted molar refractivity (Wildman–Crippen MR) is 74.8 cm³/mol. The van der Waals surface area contributed by atoms with Crippen LogP contribution in [0.4, 0.5) is 5.69 Å². The molecule has 0 radical (unpaired) electrons. The molecular formula is C14H18N2S. The summed E-state index contributed by atoms with van der Waals surface area (Å²) in [4.78, 5) is 4.46. The summed E-state index contributed by atoms with van der Waals surface area (Å²) in [7, 11) is 0. The molecule has 0 saturated carbocycles. The number of aryl methyl sites for hydroxylation is 4. The summed E-state index contributed by atoms with van der Waals surface area (Å²) in [6, 6.07) is 4.42. The van der Waals surface area contributed by atoms with Crippen molar-refractivity contribution < 1.29 is 0 Å². The smallest absolute Gasteiger partial charge is 0.0898 e. The maximum Gasteiger partial charge on any atom is 0.0898 e. The van der Waals surface area contributed by atoms with Gasteiger partial charge in [0.15, 0.2) is 0 Å². The van der Waals surface area contributed by atoms with Gasteiger partial charge in [-0.3, -0.25) is 0 Å². The van der Waals surface area contributed by atoms with Crippen molar-refractivity contribution in [2.24, 2.45) is 0 Å². The first-order chi connectivity index (χ1) is 8.06. The van der Waals surface area contributed by atoms with Crippen molar-refractivity contribution in [3.63, 3.8) is 0 Å². The Labute approximate surface area is 107 Å². The molecule has 3 heteroatoms. The summed E-state index contributed by atoms with van der Waals surface area (Å²) >= 11 is 1.70. The Morgan fingerprint density at radius 3 is 2.29 bits per heavy atom. The van der Waals surface area contributed by atoms with Crippen LogP contribution < -0.4 is 5.32 Å². The third kappa shape index (κ3) is 2.86. The van der Waals surface area contributed by atoms with Gasteiger partial charge in [-0.1, -0.05) is 17.7 Å². The number of anilines is 1. The predicted octanol–water partition coefficient (Wildman–Crippen LogP) is 3.99.